The van der Waals surface area contributed by atoms with E-state index in [9.17, 15) is 9.18 Å². The standard InChI is InChI=1S/C15H12ClFN4O3S3/c1-8(13(22)19-15-20-21(25)27-26-15)23-10-2-4-11(5-3-10)24-14-12(17)6-9(16)7-18-14/h2-8,25H,1H3,(H,19,20,22). The number of nitrogens with zero attached hydrogens (tertiary/aromatic N) is 3. The Kier molecular flexibility index (Phi) is 6.58. The normalized spacial score (nSPS) is 14.5. The first-order valence-corrected chi connectivity index (χ1v) is 10.3. The second-order valence-corrected chi connectivity index (χ2v) is 8.16. The molecule has 12 heteroatoms. The number of rotatable bonds is 5. The molecular weight excluding hydrogens is 435 g/mol. The molecule has 0 radical (unpaired) electrons. The summed E-state index contributed by atoms with van der Waals surface area (Å²) in [6.45, 7) is 1.61. The number of hydrazone groups is 1. The fourth-order valence-corrected chi connectivity index (χ4v) is 3.76. The molecule has 1 aliphatic heterocycles. The van der Waals surface area contributed by atoms with Crippen molar-refractivity contribution in [3.05, 3.63) is 47.4 Å². The molecule has 7 nitrogen and oxygen atoms in total. The molecule has 1 N–H and O–H groups in total. The van der Waals surface area contributed by atoms with Crippen LogP contribution in [0.2, 0.25) is 5.02 Å². The first kappa shape index (κ1) is 19.9. The van der Waals surface area contributed by atoms with E-state index in [0.717, 1.165) is 6.07 Å². The number of ether oxygens (including phenoxy) is 2. The van der Waals surface area contributed by atoms with Crippen molar-refractivity contribution in [3.8, 4) is 17.4 Å². The van der Waals surface area contributed by atoms with Crippen molar-refractivity contribution < 1.29 is 18.7 Å². The average molecular weight is 447 g/mol. The molecule has 0 aliphatic carbocycles. The highest BCUT2D eigenvalue weighted by molar-refractivity contribution is 8.82. The molecule has 1 aliphatic rings. The van der Waals surface area contributed by atoms with Crippen molar-refractivity contribution in [1.82, 2.24) is 14.1 Å². The molecule has 2 aromatic rings. The van der Waals surface area contributed by atoms with Gasteiger partial charge < -0.3 is 9.47 Å². The lowest BCUT2D eigenvalue weighted by Gasteiger charge is -2.14. The van der Waals surface area contributed by atoms with Gasteiger partial charge in [0.15, 0.2) is 11.9 Å². The van der Waals surface area contributed by atoms with Gasteiger partial charge in [-0.2, -0.15) is 3.82 Å². The predicted octanol–water partition coefficient (Wildman–Crippen LogP) is 4.28. The number of amides is 1. The van der Waals surface area contributed by atoms with Crippen molar-refractivity contribution >= 4 is 57.3 Å². The van der Waals surface area contributed by atoms with Gasteiger partial charge in [-0.05, 0) is 50.1 Å². The molecule has 0 bridgehead atoms. The molecule has 3 rings (SSSR count). The number of nitrogens with one attached hydrogen (secondary N) is 1. The van der Waals surface area contributed by atoms with Gasteiger partial charge in [0.25, 0.3) is 11.8 Å². The summed E-state index contributed by atoms with van der Waals surface area (Å²) < 4.78 is 26.0. The maximum Gasteiger partial charge on any atom is 0.266 e. The van der Waals surface area contributed by atoms with Crippen LogP contribution < -0.4 is 14.8 Å². The maximum absolute atomic E-state index is 13.7. The molecule has 27 heavy (non-hydrogen) atoms. The third-order valence-electron chi connectivity index (χ3n) is 3.08. The zero-order chi connectivity index (χ0) is 19.4. The van der Waals surface area contributed by atoms with Crippen LogP contribution in [0.4, 0.5) is 4.39 Å². The van der Waals surface area contributed by atoms with E-state index in [1.807, 2.05) is 0 Å². The van der Waals surface area contributed by atoms with Crippen LogP contribution in [0.15, 0.2) is 41.6 Å². The summed E-state index contributed by atoms with van der Waals surface area (Å²) >= 11 is 9.67. The van der Waals surface area contributed by atoms with E-state index in [1.54, 1.807) is 31.2 Å². The van der Waals surface area contributed by atoms with Gasteiger partial charge in [-0.1, -0.05) is 11.6 Å². The Balaban J connectivity index is 1.56. The lowest BCUT2D eigenvalue weighted by molar-refractivity contribution is -0.125. The Morgan fingerprint density at radius 1 is 1.37 bits per heavy atom. The van der Waals surface area contributed by atoms with E-state index >= 15 is 0 Å². The number of benzene rings is 1. The molecule has 0 spiro atoms. The molecule has 0 saturated carbocycles. The van der Waals surface area contributed by atoms with Crippen molar-refractivity contribution in [3.63, 3.8) is 0 Å². The topological polar surface area (TPSA) is 76.0 Å². The Labute approximate surface area is 172 Å². The van der Waals surface area contributed by atoms with Crippen LogP contribution in [0.3, 0.4) is 0 Å². The molecule has 1 aromatic carbocycles. The minimum Gasteiger partial charge on any atom is -0.481 e. The lowest BCUT2D eigenvalue weighted by Crippen LogP contribution is -2.38. The van der Waals surface area contributed by atoms with Crippen molar-refractivity contribution in [2.45, 2.75) is 13.0 Å². The van der Waals surface area contributed by atoms with Gasteiger partial charge >= 0.3 is 0 Å². The zero-order valence-electron chi connectivity index (χ0n) is 13.6. The van der Waals surface area contributed by atoms with Gasteiger partial charge in [0.05, 0.1) is 16.0 Å². The molecular formula is C15H12ClFN4O3S3. The van der Waals surface area contributed by atoms with Crippen LogP contribution in [0, 0.1) is 5.82 Å². The molecule has 1 amide bonds. The highest BCUT2D eigenvalue weighted by Crippen LogP contribution is 2.35. The smallest absolute Gasteiger partial charge is 0.266 e. The van der Waals surface area contributed by atoms with Gasteiger partial charge in [-0.3, -0.25) is 10.1 Å². The Morgan fingerprint density at radius 3 is 2.70 bits per heavy atom. The Bertz CT molecular complexity index is 872. The number of halogens is 2. The minimum atomic E-state index is -0.755. The SMILES string of the molecule is CC(Oc1ccc(Oc2ncc(Cl)cc2F)cc1)C(=O)NC1=NN(S)SS1. The first-order chi connectivity index (χ1) is 12.9. The predicted molar refractivity (Wildman–Crippen MR) is 107 cm³/mol. The molecule has 1 aromatic heterocycles. The summed E-state index contributed by atoms with van der Waals surface area (Å²) in [7, 11) is 2.54. The summed E-state index contributed by atoms with van der Waals surface area (Å²) in [5.41, 5.74) is 0. The van der Waals surface area contributed by atoms with E-state index in [4.69, 9.17) is 21.1 Å². The fraction of sp³-hybridized carbons (Fsp3) is 0.133. The first-order valence-electron chi connectivity index (χ1n) is 7.39. The molecule has 0 fully saturated rings. The third-order valence-corrected chi connectivity index (χ3v) is 5.71. The van der Waals surface area contributed by atoms with Crippen molar-refractivity contribution in [2.24, 2.45) is 5.10 Å². The quantitative estimate of drug-likeness (QED) is 0.403. The second kappa shape index (κ2) is 8.91. The number of aromatic nitrogens is 1. The van der Waals surface area contributed by atoms with Crippen LogP contribution in [0.1, 0.15) is 6.92 Å². The van der Waals surface area contributed by atoms with Crippen LogP contribution in [0.5, 0.6) is 17.4 Å². The lowest BCUT2D eigenvalue weighted by atomic mass is 10.3. The highest BCUT2D eigenvalue weighted by Gasteiger charge is 2.21. The summed E-state index contributed by atoms with van der Waals surface area (Å²) in [5, 5.41) is 7.22. The Morgan fingerprint density at radius 2 is 2.07 bits per heavy atom. The largest absolute Gasteiger partial charge is 0.481 e. The average Bonchev–Trinajstić information content (AvgIpc) is 3.03. The minimum absolute atomic E-state index is 0.179. The number of pyridine rings is 1. The van der Waals surface area contributed by atoms with E-state index in [1.165, 1.54) is 31.8 Å². The van der Waals surface area contributed by atoms with Gasteiger partial charge in [0.2, 0.25) is 5.17 Å². The van der Waals surface area contributed by atoms with Crippen LogP contribution in [0.25, 0.3) is 0 Å². The number of hydrogen-bond acceptors (Lipinski definition) is 9. The van der Waals surface area contributed by atoms with Crippen molar-refractivity contribution in [2.75, 3.05) is 0 Å². The molecule has 1 unspecified atom stereocenters. The second-order valence-electron chi connectivity index (χ2n) is 5.08. The van der Waals surface area contributed by atoms with Gasteiger partial charge in [-0.25, -0.2) is 9.37 Å². The fourth-order valence-electron chi connectivity index (χ4n) is 1.87. The van der Waals surface area contributed by atoms with Gasteiger partial charge in [0, 0.05) is 17.0 Å². The molecule has 2 heterocycles. The summed E-state index contributed by atoms with van der Waals surface area (Å²) in [4.78, 5) is 15.9. The number of amidine groups is 1. The van der Waals surface area contributed by atoms with Crippen LogP contribution in [-0.4, -0.2) is 26.0 Å². The van der Waals surface area contributed by atoms with E-state index in [2.05, 4.69) is 28.2 Å². The monoisotopic (exact) mass is 446 g/mol. The van der Waals surface area contributed by atoms with E-state index in [0.29, 0.717) is 16.7 Å². The number of carbonyl (C=O) groups is 1. The summed E-state index contributed by atoms with van der Waals surface area (Å²) in [6.07, 6.45) is 0.533. The zero-order valence-corrected chi connectivity index (χ0v) is 16.9. The van der Waals surface area contributed by atoms with E-state index in [-0.39, 0.29) is 16.8 Å². The van der Waals surface area contributed by atoms with Gasteiger partial charge in [0.1, 0.15) is 11.5 Å². The van der Waals surface area contributed by atoms with E-state index < -0.39 is 11.9 Å². The summed E-state index contributed by atoms with van der Waals surface area (Å²) in [6, 6.07) is 7.45. The Hall–Kier alpha value is -1.82. The highest BCUT2D eigenvalue weighted by atomic mass is 35.5. The molecule has 142 valence electrons. The van der Waals surface area contributed by atoms with Crippen LogP contribution >= 0.6 is 46.2 Å². The molecule has 0 saturated heterocycles. The maximum atomic E-state index is 13.7. The third kappa shape index (κ3) is 5.58. The number of hydrogen-bond donors (Lipinski definition) is 2. The van der Waals surface area contributed by atoms with Crippen LogP contribution in [-0.2, 0) is 4.79 Å². The van der Waals surface area contributed by atoms with Crippen molar-refractivity contribution in [1.29, 1.82) is 0 Å². The number of carbonyl (C=O) groups excluding carboxylic acids is 1. The number of thiol groups is 1. The van der Waals surface area contributed by atoms with Gasteiger partial charge in [-0.15, -0.1) is 5.10 Å². The molecule has 1 atom stereocenters. The summed E-state index contributed by atoms with van der Waals surface area (Å²) in [5.74, 6) is -0.403.